The number of carbonyl (C=O) groups excluding carboxylic acids is 1. The number of carbonyl (C=O) groups is 1. The minimum Gasteiger partial charge on any atom is -0.461 e. The second kappa shape index (κ2) is 9.73. The molecule has 2 fully saturated rings. The summed E-state index contributed by atoms with van der Waals surface area (Å²) >= 11 is 0. The lowest BCUT2D eigenvalue weighted by molar-refractivity contribution is -0.961. The normalized spacial score (nSPS) is 26.7. The predicted molar refractivity (Wildman–Crippen MR) is 134 cm³/mol. The maximum Gasteiger partial charge on any atom is 0.316 e. The van der Waals surface area contributed by atoms with Crippen LogP contribution >= 0.6 is 0 Å². The van der Waals surface area contributed by atoms with Gasteiger partial charge in [-0.3, -0.25) is 4.79 Å². The monoisotopic (exact) mass is 456 g/mol. The smallest absolute Gasteiger partial charge is 0.316 e. The summed E-state index contributed by atoms with van der Waals surface area (Å²) in [6.45, 7) is 0.781. The average Bonchev–Trinajstić information content (AvgIpc) is 3.02. The average molecular weight is 457 g/mol. The van der Waals surface area contributed by atoms with Crippen molar-refractivity contribution in [1.82, 2.24) is 0 Å². The zero-order chi connectivity index (χ0) is 23.5. The molecule has 3 aromatic rings. The summed E-state index contributed by atoms with van der Waals surface area (Å²) in [5, 5.41) is 9.83. The third kappa shape index (κ3) is 4.53. The van der Waals surface area contributed by atoms with Crippen LogP contribution in [0.5, 0.6) is 0 Å². The molecule has 2 saturated heterocycles. The van der Waals surface area contributed by atoms with Crippen molar-refractivity contribution in [3.05, 3.63) is 96.1 Å². The number of hydrogen-bond donors (Lipinski definition) is 1. The second-order valence-electron chi connectivity index (χ2n) is 10.1. The van der Waals surface area contributed by atoms with Gasteiger partial charge in [-0.15, -0.1) is 0 Å². The number of piperidine rings is 1. The Hall–Kier alpha value is -2.95. The van der Waals surface area contributed by atoms with Crippen molar-refractivity contribution in [2.24, 2.45) is 0 Å². The minimum atomic E-state index is -0.607. The number of esters is 1. The fourth-order valence-corrected chi connectivity index (χ4v) is 6.12. The number of quaternary nitrogens is 1. The number of ether oxygens (including phenoxy) is 1. The molecule has 0 spiro atoms. The number of rotatable bonds is 7. The Bertz CT molecular complexity index is 1080. The van der Waals surface area contributed by atoms with Gasteiger partial charge in [-0.25, -0.2) is 0 Å². The number of aliphatic hydroxyl groups excluding tert-OH is 1. The van der Waals surface area contributed by atoms with Crippen LogP contribution in [0, 0.1) is 0 Å². The number of benzene rings is 3. The van der Waals surface area contributed by atoms with E-state index in [9.17, 15) is 9.90 Å². The molecule has 0 amide bonds. The fourth-order valence-electron chi connectivity index (χ4n) is 6.12. The number of aliphatic hydroxyl groups is 1. The zero-order valence-electron chi connectivity index (χ0n) is 19.8. The molecule has 2 aliphatic rings. The Kier molecular flexibility index (Phi) is 6.53. The first kappa shape index (κ1) is 22.8. The van der Waals surface area contributed by atoms with E-state index in [-0.39, 0.29) is 18.7 Å². The van der Waals surface area contributed by atoms with Crippen molar-refractivity contribution in [3.8, 4) is 11.1 Å². The molecule has 176 valence electrons. The van der Waals surface area contributed by atoms with E-state index in [0.29, 0.717) is 12.1 Å². The first-order chi connectivity index (χ1) is 16.6. The largest absolute Gasteiger partial charge is 0.461 e. The van der Waals surface area contributed by atoms with Crippen molar-refractivity contribution >= 4 is 5.97 Å². The van der Waals surface area contributed by atoms with Gasteiger partial charge in [-0.05, 0) is 16.7 Å². The van der Waals surface area contributed by atoms with E-state index in [1.54, 1.807) is 0 Å². The van der Waals surface area contributed by atoms with Crippen LogP contribution in [0.1, 0.15) is 42.7 Å². The van der Waals surface area contributed by atoms with Crippen LogP contribution < -0.4 is 0 Å². The third-order valence-electron chi connectivity index (χ3n) is 8.11. The summed E-state index contributed by atoms with van der Waals surface area (Å²) in [6, 6.07) is 29.9. The standard InChI is InChI=1S/C30H34NO3/c1-31(20-22-12-14-24(15-13-22)23-8-4-2-5-9-23)26-16-17-27(31)19-28(18-26)34-30(33)29(21-32)25-10-6-3-7-11-25/h2-15,26-29,32H,16-21H2,1H3/q+1/t26-,27+,28?,29?,31?. The molecule has 0 radical (unpaired) electrons. The van der Waals surface area contributed by atoms with Gasteiger partial charge in [0.25, 0.3) is 0 Å². The van der Waals surface area contributed by atoms with Gasteiger partial charge in [0.2, 0.25) is 0 Å². The highest BCUT2D eigenvalue weighted by atomic mass is 16.5. The molecule has 5 atom stereocenters. The summed E-state index contributed by atoms with van der Waals surface area (Å²) in [7, 11) is 2.38. The molecule has 2 aliphatic heterocycles. The molecule has 0 saturated carbocycles. The van der Waals surface area contributed by atoms with Gasteiger partial charge in [0, 0.05) is 31.2 Å². The molecule has 2 heterocycles. The van der Waals surface area contributed by atoms with Gasteiger partial charge in [-0.2, -0.15) is 0 Å². The Morgan fingerprint density at radius 2 is 1.44 bits per heavy atom. The third-order valence-corrected chi connectivity index (χ3v) is 8.11. The molecule has 3 aromatic carbocycles. The zero-order valence-corrected chi connectivity index (χ0v) is 19.8. The van der Waals surface area contributed by atoms with E-state index in [1.165, 1.54) is 29.5 Å². The summed E-state index contributed by atoms with van der Waals surface area (Å²) in [5.74, 6) is -0.907. The Morgan fingerprint density at radius 1 is 0.882 bits per heavy atom. The molecule has 5 rings (SSSR count). The van der Waals surface area contributed by atoms with E-state index in [0.717, 1.165) is 29.4 Å². The molecule has 0 aliphatic carbocycles. The maximum atomic E-state index is 12.9. The summed E-state index contributed by atoms with van der Waals surface area (Å²) < 4.78 is 7.01. The van der Waals surface area contributed by atoms with Gasteiger partial charge >= 0.3 is 5.97 Å². The van der Waals surface area contributed by atoms with E-state index in [4.69, 9.17) is 4.74 Å². The Labute approximate surface area is 202 Å². The topological polar surface area (TPSA) is 46.5 Å². The lowest BCUT2D eigenvalue weighted by atomic mass is 9.94. The van der Waals surface area contributed by atoms with Gasteiger partial charge in [0.1, 0.15) is 18.6 Å². The van der Waals surface area contributed by atoms with Crippen LogP contribution in [0.4, 0.5) is 0 Å². The number of hydrogen-bond acceptors (Lipinski definition) is 3. The number of nitrogens with zero attached hydrogens (tertiary/aromatic N) is 1. The van der Waals surface area contributed by atoms with Crippen molar-refractivity contribution in [2.75, 3.05) is 13.7 Å². The van der Waals surface area contributed by atoms with Crippen molar-refractivity contribution in [1.29, 1.82) is 0 Å². The molecule has 2 bridgehead atoms. The quantitative estimate of drug-likeness (QED) is 0.387. The van der Waals surface area contributed by atoms with Crippen LogP contribution in [0.25, 0.3) is 11.1 Å². The molecule has 0 aromatic heterocycles. The Balaban J connectivity index is 1.24. The minimum absolute atomic E-state index is 0.0607. The summed E-state index contributed by atoms with van der Waals surface area (Å²) in [6.07, 6.45) is 4.09. The van der Waals surface area contributed by atoms with Crippen molar-refractivity contribution in [2.45, 2.75) is 56.3 Å². The van der Waals surface area contributed by atoms with Crippen LogP contribution in [0.15, 0.2) is 84.9 Å². The van der Waals surface area contributed by atoms with Crippen LogP contribution in [-0.2, 0) is 16.1 Å². The molecular weight excluding hydrogens is 422 g/mol. The molecule has 34 heavy (non-hydrogen) atoms. The van der Waals surface area contributed by atoms with Crippen LogP contribution in [0.3, 0.4) is 0 Å². The predicted octanol–water partition coefficient (Wildman–Crippen LogP) is 5.31. The molecule has 1 N–H and O–H groups in total. The molecule has 3 unspecified atom stereocenters. The highest BCUT2D eigenvalue weighted by Gasteiger charge is 2.52. The van der Waals surface area contributed by atoms with Gasteiger partial charge in [0.15, 0.2) is 0 Å². The van der Waals surface area contributed by atoms with E-state index >= 15 is 0 Å². The SMILES string of the molecule is C[N+]1(Cc2ccc(-c3ccccc3)cc2)[C@@H]2CC[C@H]1CC(OC(=O)C(CO)c1ccccc1)C2. The van der Waals surface area contributed by atoms with E-state index in [1.807, 2.05) is 36.4 Å². The lowest BCUT2D eigenvalue weighted by Gasteiger charge is -2.47. The van der Waals surface area contributed by atoms with Crippen LogP contribution in [-0.4, -0.2) is 47.4 Å². The van der Waals surface area contributed by atoms with E-state index < -0.39 is 5.92 Å². The number of fused-ring (bicyclic) bond motifs is 2. The molecular formula is C30H34NO3+. The van der Waals surface area contributed by atoms with Gasteiger partial charge in [0.05, 0.1) is 25.7 Å². The highest BCUT2D eigenvalue weighted by molar-refractivity contribution is 5.78. The molecule has 4 heteroatoms. The van der Waals surface area contributed by atoms with Gasteiger partial charge in [-0.1, -0.05) is 84.9 Å². The van der Waals surface area contributed by atoms with Gasteiger partial charge < -0.3 is 14.3 Å². The highest BCUT2D eigenvalue weighted by Crippen LogP contribution is 2.44. The fraction of sp³-hybridized carbons (Fsp3) is 0.367. The summed E-state index contributed by atoms with van der Waals surface area (Å²) in [5.41, 5.74) is 4.67. The first-order valence-electron chi connectivity index (χ1n) is 12.4. The Morgan fingerprint density at radius 3 is 2.03 bits per heavy atom. The lowest BCUT2D eigenvalue weighted by Crippen LogP contribution is -2.58. The van der Waals surface area contributed by atoms with Crippen molar-refractivity contribution in [3.63, 3.8) is 0 Å². The summed E-state index contributed by atoms with van der Waals surface area (Å²) in [4.78, 5) is 12.9. The first-order valence-corrected chi connectivity index (χ1v) is 12.4. The molecule has 4 nitrogen and oxygen atoms in total. The van der Waals surface area contributed by atoms with Crippen LogP contribution in [0.2, 0.25) is 0 Å². The van der Waals surface area contributed by atoms with Crippen molar-refractivity contribution < 1.29 is 19.1 Å². The maximum absolute atomic E-state index is 12.9. The second-order valence-corrected chi connectivity index (χ2v) is 10.1. The van der Waals surface area contributed by atoms with E-state index in [2.05, 4.69) is 55.6 Å².